The first kappa shape index (κ1) is 15.0. The van der Waals surface area contributed by atoms with Crippen molar-refractivity contribution >= 4 is 11.6 Å². The zero-order valence-electron chi connectivity index (χ0n) is 11.8. The van der Waals surface area contributed by atoms with Gasteiger partial charge in [0.1, 0.15) is 0 Å². The number of hydrazine groups is 1. The molecule has 0 aliphatic carbocycles. The molecule has 20 heavy (non-hydrogen) atoms. The van der Waals surface area contributed by atoms with Crippen molar-refractivity contribution in [3.05, 3.63) is 70.2 Å². The molecule has 2 aromatic carbocycles. The highest BCUT2D eigenvalue weighted by Crippen LogP contribution is 2.18. The lowest BCUT2D eigenvalue weighted by Crippen LogP contribution is -2.37. The van der Waals surface area contributed by atoms with Crippen LogP contribution < -0.4 is 11.3 Å². The van der Waals surface area contributed by atoms with Gasteiger partial charge in [0, 0.05) is 11.1 Å². The smallest absolute Gasteiger partial charge is 0.0438 e. The molecule has 0 bridgehead atoms. The van der Waals surface area contributed by atoms with E-state index in [4.69, 9.17) is 17.4 Å². The van der Waals surface area contributed by atoms with Crippen molar-refractivity contribution in [2.24, 2.45) is 5.84 Å². The van der Waals surface area contributed by atoms with Gasteiger partial charge in [-0.1, -0.05) is 59.6 Å². The highest BCUT2D eigenvalue weighted by Gasteiger charge is 2.10. The maximum atomic E-state index is 6.19. The van der Waals surface area contributed by atoms with Crippen LogP contribution in [-0.2, 0) is 12.8 Å². The quantitative estimate of drug-likeness (QED) is 0.629. The standard InChI is InChI=1S/C17H21ClN2/c1-13-5-4-6-14(11-13)9-10-16(20-19)12-15-7-2-3-8-17(15)18/h2-8,11,16,20H,9-10,12,19H2,1H3. The third-order valence-electron chi connectivity index (χ3n) is 3.52. The molecule has 0 aliphatic heterocycles. The molecule has 3 heteroatoms. The summed E-state index contributed by atoms with van der Waals surface area (Å²) in [4.78, 5) is 0. The zero-order valence-corrected chi connectivity index (χ0v) is 12.5. The number of hydrogen-bond donors (Lipinski definition) is 2. The summed E-state index contributed by atoms with van der Waals surface area (Å²) in [6.45, 7) is 2.12. The van der Waals surface area contributed by atoms with Gasteiger partial charge in [0.25, 0.3) is 0 Å². The Labute approximate surface area is 125 Å². The lowest BCUT2D eigenvalue weighted by molar-refractivity contribution is 0.491. The Kier molecular flexibility index (Phi) is 5.60. The van der Waals surface area contributed by atoms with E-state index in [0.29, 0.717) is 0 Å². The average Bonchev–Trinajstić information content (AvgIpc) is 2.45. The van der Waals surface area contributed by atoms with E-state index in [9.17, 15) is 0 Å². The maximum Gasteiger partial charge on any atom is 0.0438 e. The molecular formula is C17H21ClN2. The van der Waals surface area contributed by atoms with Gasteiger partial charge in [-0.2, -0.15) is 0 Å². The Morgan fingerprint density at radius 3 is 2.65 bits per heavy atom. The van der Waals surface area contributed by atoms with Gasteiger partial charge >= 0.3 is 0 Å². The van der Waals surface area contributed by atoms with E-state index in [-0.39, 0.29) is 6.04 Å². The van der Waals surface area contributed by atoms with Crippen LogP contribution >= 0.6 is 11.6 Å². The minimum atomic E-state index is 0.232. The van der Waals surface area contributed by atoms with Gasteiger partial charge in [0.15, 0.2) is 0 Å². The monoisotopic (exact) mass is 288 g/mol. The van der Waals surface area contributed by atoms with E-state index in [2.05, 4.69) is 42.7 Å². The number of rotatable bonds is 6. The van der Waals surface area contributed by atoms with Crippen LogP contribution in [-0.4, -0.2) is 6.04 Å². The highest BCUT2D eigenvalue weighted by atomic mass is 35.5. The van der Waals surface area contributed by atoms with Gasteiger partial charge in [-0.25, -0.2) is 0 Å². The molecule has 0 amide bonds. The summed E-state index contributed by atoms with van der Waals surface area (Å²) in [6, 6.07) is 16.8. The van der Waals surface area contributed by atoms with Gasteiger partial charge in [0.05, 0.1) is 0 Å². The lowest BCUT2D eigenvalue weighted by Gasteiger charge is -2.16. The van der Waals surface area contributed by atoms with Crippen molar-refractivity contribution in [3.8, 4) is 0 Å². The van der Waals surface area contributed by atoms with Crippen LogP contribution in [0.5, 0.6) is 0 Å². The number of hydrogen-bond acceptors (Lipinski definition) is 2. The molecule has 106 valence electrons. The third-order valence-corrected chi connectivity index (χ3v) is 3.89. The molecule has 0 radical (unpaired) electrons. The molecule has 2 aromatic rings. The van der Waals surface area contributed by atoms with Crippen molar-refractivity contribution < 1.29 is 0 Å². The van der Waals surface area contributed by atoms with Crippen LogP contribution in [0.4, 0.5) is 0 Å². The van der Waals surface area contributed by atoms with Crippen molar-refractivity contribution in [1.29, 1.82) is 0 Å². The van der Waals surface area contributed by atoms with Crippen LogP contribution in [0.1, 0.15) is 23.1 Å². The first-order chi connectivity index (χ1) is 9.69. The average molecular weight is 289 g/mol. The second-order valence-electron chi connectivity index (χ2n) is 5.19. The van der Waals surface area contributed by atoms with E-state index in [1.165, 1.54) is 11.1 Å². The van der Waals surface area contributed by atoms with E-state index in [1.807, 2.05) is 18.2 Å². The van der Waals surface area contributed by atoms with Crippen molar-refractivity contribution in [2.45, 2.75) is 32.2 Å². The molecule has 1 unspecified atom stereocenters. The summed E-state index contributed by atoms with van der Waals surface area (Å²) in [5, 5.41) is 0.809. The summed E-state index contributed by atoms with van der Waals surface area (Å²) >= 11 is 6.19. The molecular weight excluding hydrogens is 268 g/mol. The first-order valence-electron chi connectivity index (χ1n) is 6.94. The predicted molar refractivity (Wildman–Crippen MR) is 85.8 cm³/mol. The molecule has 0 spiro atoms. The number of nitrogens with one attached hydrogen (secondary N) is 1. The number of benzene rings is 2. The van der Waals surface area contributed by atoms with Crippen molar-refractivity contribution in [1.82, 2.24) is 5.43 Å². The maximum absolute atomic E-state index is 6.19. The molecule has 3 N–H and O–H groups in total. The fourth-order valence-electron chi connectivity index (χ4n) is 2.38. The Balaban J connectivity index is 1.94. The normalized spacial score (nSPS) is 12.3. The number of aryl methyl sites for hydroxylation is 2. The van der Waals surface area contributed by atoms with Crippen LogP contribution in [0.3, 0.4) is 0 Å². The fourth-order valence-corrected chi connectivity index (χ4v) is 2.60. The number of nitrogens with two attached hydrogens (primary N) is 1. The van der Waals surface area contributed by atoms with E-state index >= 15 is 0 Å². The Hall–Kier alpha value is -1.35. The summed E-state index contributed by atoms with van der Waals surface area (Å²) in [6.07, 6.45) is 2.86. The van der Waals surface area contributed by atoms with Crippen LogP contribution in [0.15, 0.2) is 48.5 Å². The van der Waals surface area contributed by atoms with Crippen LogP contribution in [0, 0.1) is 6.92 Å². The van der Waals surface area contributed by atoms with Crippen LogP contribution in [0.2, 0.25) is 5.02 Å². The third kappa shape index (κ3) is 4.34. The minimum Gasteiger partial charge on any atom is -0.271 e. The van der Waals surface area contributed by atoms with E-state index in [0.717, 1.165) is 29.8 Å². The minimum absolute atomic E-state index is 0.232. The molecule has 2 rings (SSSR count). The van der Waals surface area contributed by atoms with Crippen molar-refractivity contribution in [3.63, 3.8) is 0 Å². The summed E-state index contributed by atoms with van der Waals surface area (Å²) < 4.78 is 0. The SMILES string of the molecule is Cc1cccc(CCC(Cc2ccccc2Cl)NN)c1. The Morgan fingerprint density at radius 1 is 1.15 bits per heavy atom. The summed E-state index contributed by atoms with van der Waals surface area (Å²) in [5.41, 5.74) is 6.69. The van der Waals surface area contributed by atoms with E-state index in [1.54, 1.807) is 0 Å². The Morgan fingerprint density at radius 2 is 1.95 bits per heavy atom. The Bertz CT molecular complexity index is 554. The molecule has 1 atom stereocenters. The molecule has 2 nitrogen and oxygen atoms in total. The largest absolute Gasteiger partial charge is 0.271 e. The predicted octanol–water partition coefficient (Wildman–Crippen LogP) is 3.66. The van der Waals surface area contributed by atoms with Gasteiger partial charge in [-0.15, -0.1) is 0 Å². The summed E-state index contributed by atoms with van der Waals surface area (Å²) in [7, 11) is 0. The van der Waals surface area contributed by atoms with Gasteiger partial charge in [-0.3, -0.25) is 11.3 Å². The molecule has 0 saturated heterocycles. The summed E-state index contributed by atoms with van der Waals surface area (Å²) in [5.74, 6) is 5.67. The number of halogens is 1. The lowest BCUT2D eigenvalue weighted by atomic mass is 9.99. The fraction of sp³-hybridized carbons (Fsp3) is 0.294. The van der Waals surface area contributed by atoms with Gasteiger partial charge in [0.2, 0.25) is 0 Å². The zero-order chi connectivity index (χ0) is 14.4. The molecule has 0 saturated carbocycles. The van der Waals surface area contributed by atoms with Crippen LogP contribution in [0.25, 0.3) is 0 Å². The highest BCUT2D eigenvalue weighted by molar-refractivity contribution is 6.31. The second kappa shape index (κ2) is 7.44. The van der Waals surface area contributed by atoms with Gasteiger partial charge in [-0.05, 0) is 43.4 Å². The first-order valence-corrected chi connectivity index (χ1v) is 7.32. The topological polar surface area (TPSA) is 38.0 Å². The molecule has 0 heterocycles. The van der Waals surface area contributed by atoms with Gasteiger partial charge < -0.3 is 0 Å². The second-order valence-corrected chi connectivity index (χ2v) is 5.59. The molecule has 0 aliphatic rings. The molecule has 0 aromatic heterocycles. The molecule has 0 fully saturated rings. The van der Waals surface area contributed by atoms with E-state index < -0.39 is 0 Å². The van der Waals surface area contributed by atoms with Crippen molar-refractivity contribution in [2.75, 3.05) is 0 Å².